The predicted octanol–water partition coefficient (Wildman–Crippen LogP) is 0.664. The molecule has 2 aliphatic heterocycles. The van der Waals surface area contributed by atoms with Gasteiger partial charge in [0.1, 0.15) is 18.1 Å². The van der Waals surface area contributed by atoms with Gasteiger partial charge in [-0.25, -0.2) is 4.79 Å². The number of aliphatic carboxylic acids is 1. The molecule has 0 aromatic rings. The Hall–Kier alpha value is -1.81. The lowest BCUT2D eigenvalue weighted by Gasteiger charge is -2.32. The number of carboxylic acid groups (broad SMARTS) is 1. The van der Waals surface area contributed by atoms with E-state index >= 15 is 0 Å². The normalized spacial score (nSPS) is 24.0. The van der Waals surface area contributed by atoms with E-state index < -0.39 is 30.1 Å². The summed E-state index contributed by atoms with van der Waals surface area (Å²) >= 11 is 1.57. The molecule has 2 aliphatic rings. The molecule has 9 nitrogen and oxygen atoms in total. The first-order valence-electron chi connectivity index (χ1n) is 11.1. The number of thioether (sulfide) groups is 1. The Bertz CT molecular complexity index is 676. The summed E-state index contributed by atoms with van der Waals surface area (Å²) in [7, 11) is 0. The number of amides is 3. The van der Waals surface area contributed by atoms with E-state index in [0.29, 0.717) is 50.9 Å². The van der Waals surface area contributed by atoms with Crippen molar-refractivity contribution >= 4 is 35.5 Å². The van der Waals surface area contributed by atoms with Crippen LogP contribution in [0.4, 0.5) is 0 Å². The molecule has 31 heavy (non-hydrogen) atoms. The van der Waals surface area contributed by atoms with Gasteiger partial charge in [0.2, 0.25) is 17.7 Å². The Balaban J connectivity index is 2.14. The highest BCUT2D eigenvalue weighted by molar-refractivity contribution is 7.98. The molecule has 2 rings (SSSR count). The molecular formula is C21H36N4O5S. The lowest BCUT2D eigenvalue weighted by Crippen LogP contribution is -2.57. The molecule has 0 bridgehead atoms. The van der Waals surface area contributed by atoms with Crippen LogP contribution in [0.2, 0.25) is 0 Å². The van der Waals surface area contributed by atoms with E-state index in [1.165, 1.54) is 9.80 Å². The molecule has 0 radical (unpaired) electrons. The van der Waals surface area contributed by atoms with E-state index in [4.69, 9.17) is 5.73 Å². The lowest BCUT2D eigenvalue weighted by atomic mass is 9.99. The standard InChI is InChI=1S/C21H36N4O5S/c1-4-13(2)17(22)18(26)23-14(9-12-31-3)19(27)24-10-5-7-15(24)20(28)25-11-6-8-16(25)21(29)30/h13-17H,4-12,22H2,1-3H3,(H,23,26)(H,29,30). The van der Waals surface area contributed by atoms with Crippen molar-refractivity contribution in [1.82, 2.24) is 15.1 Å². The fourth-order valence-corrected chi connectivity index (χ4v) is 4.71. The third kappa shape index (κ3) is 6.12. The second-order valence-electron chi connectivity index (χ2n) is 8.47. The minimum absolute atomic E-state index is 0.0134. The Morgan fingerprint density at radius 2 is 1.74 bits per heavy atom. The molecule has 176 valence electrons. The number of hydrogen-bond acceptors (Lipinski definition) is 6. The van der Waals surface area contributed by atoms with Crippen LogP contribution in [0.3, 0.4) is 0 Å². The van der Waals surface area contributed by atoms with Crippen molar-refractivity contribution in [2.75, 3.05) is 25.1 Å². The Morgan fingerprint density at radius 3 is 2.32 bits per heavy atom. The molecule has 5 unspecified atom stereocenters. The van der Waals surface area contributed by atoms with Gasteiger partial charge in [-0.3, -0.25) is 14.4 Å². The van der Waals surface area contributed by atoms with Crippen molar-refractivity contribution in [2.24, 2.45) is 11.7 Å². The van der Waals surface area contributed by atoms with E-state index in [0.717, 1.165) is 6.42 Å². The van der Waals surface area contributed by atoms with Gasteiger partial charge in [0.15, 0.2) is 0 Å². The van der Waals surface area contributed by atoms with Crippen LogP contribution in [-0.2, 0) is 19.2 Å². The first-order valence-corrected chi connectivity index (χ1v) is 12.5. The lowest BCUT2D eigenvalue weighted by molar-refractivity contribution is -0.152. The summed E-state index contributed by atoms with van der Waals surface area (Å²) in [5.74, 6) is -1.30. The van der Waals surface area contributed by atoms with Gasteiger partial charge in [0.05, 0.1) is 6.04 Å². The molecule has 0 aromatic heterocycles. The molecule has 5 atom stereocenters. The molecule has 10 heteroatoms. The van der Waals surface area contributed by atoms with Gasteiger partial charge in [0, 0.05) is 13.1 Å². The van der Waals surface area contributed by atoms with E-state index in [2.05, 4.69) is 5.32 Å². The molecular weight excluding hydrogens is 420 g/mol. The molecule has 2 saturated heterocycles. The maximum atomic E-state index is 13.4. The molecule has 2 fully saturated rings. The third-order valence-corrected chi connectivity index (χ3v) is 7.07. The molecule has 0 saturated carbocycles. The number of carbonyl (C=O) groups is 4. The van der Waals surface area contributed by atoms with Crippen LogP contribution >= 0.6 is 11.8 Å². The van der Waals surface area contributed by atoms with Crippen LogP contribution < -0.4 is 11.1 Å². The maximum absolute atomic E-state index is 13.4. The van der Waals surface area contributed by atoms with Crippen molar-refractivity contribution in [1.29, 1.82) is 0 Å². The second kappa shape index (κ2) is 11.7. The summed E-state index contributed by atoms with van der Waals surface area (Å²) in [4.78, 5) is 53.5. The third-order valence-electron chi connectivity index (χ3n) is 6.43. The van der Waals surface area contributed by atoms with Crippen LogP contribution in [0.25, 0.3) is 0 Å². The van der Waals surface area contributed by atoms with Gasteiger partial charge in [-0.05, 0) is 50.0 Å². The van der Waals surface area contributed by atoms with Gasteiger partial charge in [-0.15, -0.1) is 0 Å². The average Bonchev–Trinajstić information content (AvgIpc) is 3.44. The molecule has 0 aromatic carbocycles. The smallest absolute Gasteiger partial charge is 0.326 e. The highest BCUT2D eigenvalue weighted by Gasteiger charge is 2.43. The number of hydrogen-bond donors (Lipinski definition) is 3. The summed E-state index contributed by atoms with van der Waals surface area (Å²) in [6.07, 6.45) is 5.37. The fourth-order valence-electron chi connectivity index (χ4n) is 4.24. The maximum Gasteiger partial charge on any atom is 0.326 e. The minimum Gasteiger partial charge on any atom is -0.480 e. The van der Waals surface area contributed by atoms with Gasteiger partial charge >= 0.3 is 5.97 Å². The summed E-state index contributed by atoms with van der Waals surface area (Å²) in [5, 5.41) is 12.2. The van der Waals surface area contributed by atoms with E-state index in [1.54, 1.807) is 11.8 Å². The molecule has 0 aliphatic carbocycles. The first kappa shape index (κ1) is 25.5. The van der Waals surface area contributed by atoms with E-state index in [-0.39, 0.29) is 23.6 Å². The highest BCUT2D eigenvalue weighted by atomic mass is 32.2. The number of carboxylic acids is 1. The van der Waals surface area contributed by atoms with Gasteiger partial charge in [-0.1, -0.05) is 20.3 Å². The minimum atomic E-state index is -1.01. The largest absolute Gasteiger partial charge is 0.480 e. The molecule has 3 amide bonds. The Kier molecular flexibility index (Phi) is 9.61. The van der Waals surface area contributed by atoms with E-state index in [1.807, 2.05) is 20.1 Å². The van der Waals surface area contributed by atoms with Gasteiger partial charge in [0.25, 0.3) is 0 Å². The van der Waals surface area contributed by atoms with Crippen molar-refractivity contribution < 1.29 is 24.3 Å². The SMILES string of the molecule is CCC(C)C(N)C(=O)NC(CCSC)C(=O)N1CCCC1C(=O)N1CCCC1C(=O)O. The van der Waals surface area contributed by atoms with Crippen molar-refractivity contribution in [2.45, 2.75) is 76.5 Å². The van der Waals surface area contributed by atoms with Crippen molar-refractivity contribution in [3.8, 4) is 0 Å². The number of nitrogens with two attached hydrogens (primary N) is 1. The van der Waals surface area contributed by atoms with Crippen LogP contribution in [0, 0.1) is 5.92 Å². The average molecular weight is 457 g/mol. The fraction of sp³-hybridized carbons (Fsp3) is 0.810. The zero-order valence-corrected chi connectivity index (χ0v) is 19.5. The van der Waals surface area contributed by atoms with E-state index in [9.17, 15) is 24.3 Å². The first-order chi connectivity index (χ1) is 14.7. The highest BCUT2D eigenvalue weighted by Crippen LogP contribution is 2.26. The Labute approximate surface area is 188 Å². The van der Waals surface area contributed by atoms with Crippen LogP contribution in [0.5, 0.6) is 0 Å². The van der Waals surface area contributed by atoms with Crippen LogP contribution in [-0.4, -0.2) is 87.9 Å². The Morgan fingerprint density at radius 1 is 1.13 bits per heavy atom. The monoisotopic (exact) mass is 456 g/mol. The van der Waals surface area contributed by atoms with Gasteiger partial charge < -0.3 is 26.0 Å². The number of nitrogens with one attached hydrogen (secondary N) is 1. The summed E-state index contributed by atoms with van der Waals surface area (Å²) in [5.41, 5.74) is 6.05. The second-order valence-corrected chi connectivity index (χ2v) is 9.46. The summed E-state index contributed by atoms with van der Waals surface area (Å²) < 4.78 is 0. The van der Waals surface area contributed by atoms with Crippen LogP contribution in [0.1, 0.15) is 52.4 Å². The summed E-state index contributed by atoms with van der Waals surface area (Å²) in [6.45, 7) is 4.67. The number of nitrogens with zero attached hydrogens (tertiary/aromatic N) is 2. The quantitative estimate of drug-likeness (QED) is 0.440. The zero-order chi connectivity index (χ0) is 23.1. The topological polar surface area (TPSA) is 133 Å². The number of likely N-dealkylation sites (tertiary alicyclic amines) is 2. The van der Waals surface area contributed by atoms with Crippen molar-refractivity contribution in [3.05, 3.63) is 0 Å². The predicted molar refractivity (Wildman–Crippen MR) is 119 cm³/mol. The molecule has 0 spiro atoms. The number of rotatable bonds is 10. The summed E-state index contributed by atoms with van der Waals surface area (Å²) in [6, 6.07) is -2.96. The van der Waals surface area contributed by atoms with Crippen LogP contribution in [0.15, 0.2) is 0 Å². The van der Waals surface area contributed by atoms with Gasteiger partial charge in [-0.2, -0.15) is 11.8 Å². The molecule has 2 heterocycles. The van der Waals surface area contributed by atoms with Crippen molar-refractivity contribution in [3.63, 3.8) is 0 Å². The zero-order valence-electron chi connectivity index (χ0n) is 18.7. The number of carbonyl (C=O) groups excluding carboxylic acids is 3. The molecule has 4 N–H and O–H groups in total.